The predicted molar refractivity (Wildman–Crippen MR) is 131 cm³/mol. The minimum absolute atomic E-state index is 0.00221. The molecule has 0 bridgehead atoms. The van der Waals surface area contributed by atoms with Gasteiger partial charge >= 0.3 is 5.97 Å². The van der Waals surface area contributed by atoms with E-state index in [2.05, 4.69) is 15.3 Å². The third kappa shape index (κ3) is 5.61. The van der Waals surface area contributed by atoms with Gasteiger partial charge in [0, 0.05) is 23.7 Å². The molecule has 0 radical (unpaired) electrons. The van der Waals surface area contributed by atoms with Gasteiger partial charge in [0.15, 0.2) is 11.5 Å². The summed E-state index contributed by atoms with van der Waals surface area (Å²) in [5.74, 6) is 0.454. The Morgan fingerprint density at radius 1 is 1.25 bits per heavy atom. The molecule has 2 saturated heterocycles. The number of aromatic nitrogens is 2. The van der Waals surface area contributed by atoms with E-state index in [1.165, 1.54) is 18.5 Å². The van der Waals surface area contributed by atoms with Gasteiger partial charge in [-0.05, 0) is 51.0 Å². The van der Waals surface area contributed by atoms with Crippen molar-refractivity contribution < 1.29 is 28.2 Å². The lowest BCUT2D eigenvalue weighted by atomic mass is 10.1. The zero-order chi connectivity index (χ0) is 25.3. The molecule has 2 aliphatic rings. The van der Waals surface area contributed by atoms with Crippen molar-refractivity contribution in [3.8, 4) is 11.5 Å². The maximum Gasteiger partial charge on any atom is 0.324 e. The molecule has 1 unspecified atom stereocenters. The summed E-state index contributed by atoms with van der Waals surface area (Å²) in [6.07, 6.45) is 3.30. The number of hydrogen-bond acceptors (Lipinski definition) is 9. The van der Waals surface area contributed by atoms with Crippen LogP contribution in [0, 0.1) is 5.82 Å². The first kappa shape index (κ1) is 24.5. The molecule has 0 saturated carbocycles. The van der Waals surface area contributed by atoms with Crippen molar-refractivity contribution in [2.24, 2.45) is 0 Å². The number of nitrogens with one attached hydrogen (secondary N) is 1. The van der Waals surface area contributed by atoms with E-state index in [9.17, 15) is 9.18 Å². The molecule has 5 rings (SSSR count). The van der Waals surface area contributed by atoms with Gasteiger partial charge in [0.1, 0.15) is 36.7 Å². The molecular formula is C25H26ClFN4O5. The fourth-order valence-electron chi connectivity index (χ4n) is 4.22. The van der Waals surface area contributed by atoms with Gasteiger partial charge in [-0.3, -0.25) is 4.79 Å². The van der Waals surface area contributed by atoms with E-state index in [0.29, 0.717) is 53.7 Å². The van der Waals surface area contributed by atoms with Crippen LogP contribution in [-0.2, 0) is 14.3 Å². The summed E-state index contributed by atoms with van der Waals surface area (Å²) in [5.41, 5.74) is 0.456. The van der Waals surface area contributed by atoms with Crippen molar-refractivity contribution in [1.29, 1.82) is 0 Å². The zero-order valence-corrected chi connectivity index (χ0v) is 20.7. The normalized spacial score (nSPS) is 19.8. The van der Waals surface area contributed by atoms with Crippen LogP contribution in [0.1, 0.15) is 26.7 Å². The smallest absolute Gasteiger partial charge is 0.324 e. The molecule has 0 spiro atoms. The van der Waals surface area contributed by atoms with Crippen molar-refractivity contribution in [2.75, 3.05) is 31.6 Å². The lowest BCUT2D eigenvalue weighted by molar-refractivity contribution is -0.196. The van der Waals surface area contributed by atoms with Crippen LogP contribution in [-0.4, -0.2) is 59.0 Å². The highest BCUT2D eigenvalue weighted by Gasteiger charge is 2.35. The number of morpholine rings is 1. The molecule has 190 valence electrons. The number of carbonyl (C=O) groups excluding carboxylic acids is 1. The van der Waals surface area contributed by atoms with Crippen LogP contribution in [0.3, 0.4) is 0 Å². The summed E-state index contributed by atoms with van der Waals surface area (Å²) in [6, 6.07) is 7.84. The quantitative estimate of drug-likeness (QED) is 0.450. The third-order valence-corrected chi connectivity index (χ3v) is 6.10. The number of carbonyl (C=O) groups is 1. The zero-order valence-electron chi connectivity index (χ0n) is 19.9. The lowest BCUT2D eigenvalue weighted by Crippen LogP contribution is -2.52. The number of esters is 1. The van der Waals surface area contributed by atoms with Gasteiger partial charge in [0.25, 0.3) is 0 Å². The fourth-order valence-corrected chi connectivity index (χ4v) is 4.40. The number of hydrogen-bond donors (Lipinski definition) is 1. The highest BCUT2D eigenvalue weighted by molar-refractivity contribution is 6.31. The van der Waals surface area contributed by atoms with Crippen molar-refractivity contribution in [1.82, 2.24) is 15.0 Å². The van der Waals surface area contributed by atoms with Crippen molar-refractivity contribution in [3.63, 3.8) is 0 Å². The van der Waals surface area contributed by atoms with Crippen LogP contribution < -0.4 is 14.9 Å². The molecule has 2 fully saturated rings. The average molecular weight is 517 g/mol. The van der Waals surface area contributed by atoms with E-state index in [0.717, 1.165) is 12.8 Å². The van der Waals surface area contributed by atoms with Crippen molar-refractivity contribution in [2.45, 2.75) is 38.4 Å². The minimum Gasteiger partial charge on any atom is -0.487 e. The van der Waals surface area contributed by atoms with Crippen molar-refractivity contribution >= 4 is 40.0 Å². The van der Waals surface area contributed by atoms with Gasteiger partial charge in [-0.25, -0.2) is 14.4 Å². The number of halogens is 2. The highest BCUT2D eigenvalue weighted by atomic mass is 35.5. The molecule has 1 atom stereocenters. The maximum absolute atomic E-state index is 13.6. The van der Waals surface area contributed by atoms with E-state index in [-0.39, 0.29) is 23.6 Å². The SMILES string of the molecule is CC1(C)CN(Oc2cc3ncnc(Nc4ccc(F)c(Cl)c4)c3cc2OCC2CCCO2)CC(=O)O1. The van der Waals surface area contributed by atoms with Crippen LogP contribution in [0.25, 0.3) is 10.9 Å². The number of rotatable bonds is 7. The first-order valence-electron chi connectivity index (χ1n) is 11.7. The van der Waals surface area contributed by atoms with E-state index in [1.807, 2.05) is 13.8 Å². The van der Waals surface area contributed by atoms with Crippen molar-refractivity contribution in [3.05, 3.63) is 47.5 Å². The Balaban J connectivity index is 1.48. The second kappa shape index (κ2) is 10.0. The Kier molecular flexibility index (Phi) is 6.83. The van der Waals surface area contributed by atoms with Gasteiger partial charge in [0.05, 0.1) is 23.2 Å². The van der Waals surface area contributed by atoms with E-state index in [1.54, 1.807) is 23.3 Å². The summed E-state index contributed by atoms with van der Waals surface area (Å²) >= 11 is 5.94. The molecule has 2 aromatic carbocycles. The monoisotopic (exact) mass is 516 g/mol. The number of ether oxygens (including phenoxy) is 3. The Bertz CT molecular complexity index is 1280. The number of fused-ring (bicyclic) bond motifs is 1. The summed E-state index contributed by atoms with van der Waals surface area (Å²) < 4.78 is 30.8. The molecule has 11 heteroatoms. The molecule has 3 heterocycles. The molecule has 2 aliphatic heterocycles. The second-order valence-electron chi connectivity index (χ2n) is 9.36. The Morgan fingerprint density at radius 3 is 2.86 bits per heavy atom. The van der Waals surface area contributed by atoms with E-state index in [4.69, 9.17) is 30.6 Å². The van der Waals surface area contributed by atoms with Gasteiger partial charge in [-0.2, -0.15) is 0 Å². The number of benzene rings is 2. The third-order valence-electron chi connectivity index (χ3n) is 5.81. The molecular weight excluding hydrogens is 491 g/mol. The standard InChI is InChI=1S/C25H26ClFN4O5/c1-25(2)13-31(11-23(32)35-25)36-22-10-20-17(9-21(22)34-12-16-4-3-7-33-16)24(29-14-28-20)30-15-5-6-19(27)18(26)8-15/h5-6,8-10,14,16H,3-4,7,11-13H2,1-2H3,(H,28,29,30). The maximum atomic E-state index is 13.6. The Hall–Kier alpha value is -3.21. The Morgan fingerprint density at radius 2 is 2.11 bits per heavy atom. The molecule has 1 N–H and O–H groups in total. The van der Waals surface area contributed by atoms with Gasteiger partial charge in [0.2, 0.25) is 0 Å². The number of cyclic esters (lactones) is 1. The number of nitrogens with zero attached hydrogens (tertiary/aromatic N) is 3. The lowest BCUT2D eigenvalue weighted by Gasteiger charge is -2.36. The summed E-state index contributed by atoms with van der Waals surface area (Å²) in [6.45, 7) is 5.06. The van der Waals surface area contributed by atoms with Crippen LogP contribution in [0.15, 0.2) is 36.7 Å². The topological polar surface area (TPSA) is 95.0 Å². The van der Waals surface area contributed by atoms with Crippen LogP contribution >= 0.6 is 11.6 Å². The van der Waals surface area contributed by atoms with Crippen LogP contribution in [0.5, 0.6) is 11.5 Å². The van der Waals surface area contributed by atoms with Gasteiger partial charge in [-0.1, -0.05) is 11.6 Å². The summed E-state index contributed by atoms with van der Waals surface area (Å²) in [7, 11) is 0. The molecule has 0 amide bonds. The first-order chi connectivity index (χ1) is 17.3. The first-order valence-corrected chi connectivity index (χ1v) is 12.0. The largest absolute Gasteiger partial charge is 0.487 e. The summed E-state index contributed by atoms with van der Waals surface area (Å²) in [5, 5.41) is 5.37. The molecule has 36 heavy (non-hydrogen) atoms. The van der Waals surface area contributed by atoms with Gasteiger partial charge < -0.3 is 24.4 Å². The minimum atomic E-state index is -0.694. The predicted octanol–water partition coefficient (Wildman–Crippen LogP) is 4.65. The van der Waals surface area contributed by atoms with E-state index >= 15 is 0 Å². The number of anilines is 2. The Labute approximate surface area is 212 Å². The molecule has 9 nitrogen and oxygen atoms in total. The molecule has 0 aliphatic carbocycles. The fraction of sp³-hybridized carbons (Fsp3) is 0.400. The van der Waals surface area contributed by atoms with Crippen LogP contribution in [0.2, 0.25) is 5.02 Å². The second-order valence-corrected chi connectivity index (χ2v) is 9.77. The average Bonchev–Trinajstić information content (AvgIpc) is 3.33. The number of hydroxylamine groups is 2. The van der Waals surface area contributed by atoms with Gasteiger partial charge in [-0.15, -0.1) is 5.06 Å². The summed E-state index contributed by atoms with van der Waals surface area (Å²) in [4.78, 5) is 27.0. The van der Waals surface area contributed by atoms with E-state index < -0.39 is 11.4 Å². The molecule has 1 aromatic heterocycles. The van der Waals surface area contributed by atoms with Crippen LogP contribution in [0.4, 0.5) is 15.9 Å². The molecule has 3 aromatic rings. The highest BCUT2D eigenvalue weighted by Crippen LogP contribution is 2.37.